The third kappa shape index (κ3) is 5.19. The lowest BCUT2D eigenvalue weighted by atomic mass is 9.67. The normalized spacial score (nSPS) is 32.5. The fraction of sp³-hybridized carbons (Fsp3) is 0.714. The third-order valence-corrected chi connectivity index (χ3v) is 8.85. The molecule has 0 spiro atoms. The Kier molecular flexibility index (Phi) is 7.04. The summed E-state index contributed by atoms with van der Waals surface area (Å²) in [6, 6.07) is 0.591. The summed E-state index contributed by atoms with van der Waals surface area (Å²) in [5.74, 6) is 0.499. The van der Waals surface area contributed by atoms with E-state index in [1.54, 1.807) is 0 Å². The fourth-order valence-electron chi connectivity index (χ4n) is 6.90. The van der Waals surface area contributed by atoms with E-state index in [9.17, 15) is 19.1 Å². The monoisotopic (exact) mass is 489 g/mol. The highest BCUT2D eigenvalue weighted by Gasteiger charge is 2.46. The van der Waals surface area contributed by atoms with Gasteiger partial charge in [0.05, 0.1) is 18.2 Å². The first kappa shape index (κ1) is 24.5. The first-order valence-corrected chi connectivity index (χ1v) is 13.5. The van der Waals surface area contributed by atoms with Crippen LogP contribution in [0.15, 0.2) is 12.1 Å². The summed E-state index contributed by atoms with van der Waals surface area (Å²) in [6.07, 6.45) is 10.5. The molecule has 1 heterocycles. The Morgan fingerprint density at radius 2 is 1.80 bits per heavy atom. The van der Waals surface area contributed by atoms with E-state index >= 15 is 4.39 Å². The van der Waals surface area contributed by atoms with Crippen molar-refractivity contribution in [2.24, 2.45) is 17.8 Å². The number of hydrogen-bond donors (Lipinski definition) is 1. The van der Waals surface area contributed by atoms with E-state index in [-0.39, 0.29) is 17.9 Å². The van der Waals surface area contributed by atoms with E-state index in [4.69, 9.17) is 4.74 Å². The number of rotatable bonds is 8. The number of halogens is 2. The van der Waals surface area contributed by atoms with Gasteiger partial charge in [0.15, 0.2) is 0 Å². The van der Waals surface area contributed by atoms with Crippen molar-refractivity contribution in [3.05, 3.63) is 29.1 Å². The van der Waals surface area contributed by atoms with Gasteiger partial charge < -0.3 is 14.7 Å². The second-order valence-electron chi connectivity index (χ2n) is 11.4. The Bertz CT molecular complexity index is 953. The molecule has 192 valence electrons. The maximum absolute atomic E-state index is 15.1. The minimum Gasteiger partial charge on any atom is -0.493 e. The summed E-state index contributed by atoms with van der Waals surface area (Å²) in [7, 11) is 0. The highest BCUT2D eigenvalue weighted by molar-refractivity contribution is 5.98. The second kappa shape index (κ2) is 10.1. The number of carboxylic acid groups (broad SMARTS) is 1. The molecule has 1 aromatic rings. The summed E-state index contributed by atoms with van der Waals surface area (Å²) in [5.41, 5.74) is 0.609. The standard InChI is InChI=1S/C28H37F2NO4/c1-16-23(29)14-25(28(33)34)31(16)27(32)22-13-21(20-7-8-20)26(15-24(22)30)35-9-3-6-19-11-17-4-2-5-18(10-17)12-19/h13,15-20,23,25H,2-12,14H2,1H3,(H,33,34)/t16-,17?,18?,19?,23+,25-/m0/s1. The van der Waals surface area contributed by atoms with Gasteiger partial charge in [-0.2, -0.15) is 0 Å². The van der Waals surface area contributed by atoms with Gasteiger partial charge in [-0.25, -0.2) is 13.6 Å². The van der Waals surface area contributed by atoms with Crippen LogP contribution in [0.2, 0.25) is 0 Å². The summed E-state index contributed by atoms with van der Waals surface area (Å²) in [5, 5.41) is 9.47. The lowest BCUT2D eigenvalue weighted by Crippen LogP contribution is -2.45. The van der Waals surface area contributed by atoms with Crippen molar-refractivity contribution in [3.63, 3.8) is 0 Å². The lowest BCUT2D eigenvalue weighted by molar-refractivity contribution is -0.141. The number of benzene rings is 1. The van der Waals surface area contributed by atoms with Crippen LogP contribution in [0.5, 0.6) is 5.75 Å². The number of alkyl halides is 1. The van der Waals surface area contributed by atoms with Crippen LogP contribution in [0.4, 0.5) is 8.78 Å². The smallest absolute Gasteiger partial charge is 0.326 e. The van der Waals surface area contributed by atoms with Crippen LogP contribution in [-0.2, 0) is 4.79 Å². The molecule has 3 saturated carbocycles. The minimum absolute atomic E-state index is 0.194. The molecule has 2 bridgehead atoms. The van der Waals surface area contributed by atoms with Crippen LogP contribution in [0.1, 0.15) is 99.4 Å². The van der Waals surface area contributed by atoms with E-state index in [0.717, 1.165) is 53.9 Å². The van der Waals surface area contributed by atoms with E-state index in [1.165, 1.54) is 57.6 Å². The van der Waals surface area contributed by atoms with Gasteiger partial charge in [-0.05, 0) is 87.2 Å². The molecule has 5 atom stereocenters. The highest BCUT2D eigenvalue weighted by Crippen LogP contribution is 2.46. The largest absolute Gasteiger partial charge is 0.493 e. The van der Waals surface area contributed by atoms with Crippen LogP contribution < -0.4 is 4.74 Å². The van der Waals surface area contributed by atoms with E-state index in [1.807, 2.05) is 0 Å². The number of nitrogens with zero attached hydrogens (tertiary/aromatic N) is 1. The van der Waals surface area contributed by atoms with Gasteiger partial charge in [0.1, 0.15) is 23.8 Å². The summed E-state index contributed by atoms with van der Waals surface area (Å²) in [4.78, 5) is 25.8. The van der Waals surface area contributed by atoms with Crippen LogP contribution in [0.25, 0.3) is 0 Å². The molecule has 3 aliphatic carbocycles. The first-order valence-electron chi connectivity index (χ1n) is 13.5. The van der Waals surface area contributed by atoms with Gasteiger partial charge in [-0.15, -0.1) is 0 Å². The van der Waals surface area contributed by atoms with Crippen molar-refractivity contribution in [1.29, 1.82) is 0 Å². The predicted molar refractivity (Wildman–Crippen MR) is 128 cm³/mol. The number of fused-ring (bicyclic) bond motifs is 2. The Balaban J connectivity index is 1.25. The van der Waals surface area contributed by atoms with Crippen molar-refractivity contribution in [2.45, 2.75) is 102 Å². The zero-order chi connectivity index (χ0) is 24.7. The SMILES string of the molecule is C[C@H]1[C@H](F)C[C@@H](C(=O)O)N1C(=O)c1cc(C2CC2)c(OCCCC2CC3CCCC(C2)C3)cc1F. The quantitative estimate of drug-likeness (QED) is 0.448. The minimum atomic E-state index is -1.45. The number of amides is 1. The third-order valence-electron chi connectivity index (χ3n) is 8.85. The topological polar surface area (TPSA) is 66.8 Å². The van der Waals surface area contributed by atoms with Crippen LogP contribution in [0.3, 0.4) is 0 Å². The van der Waals surface area contributed by atoms with Crippen molar-refractivity contribution in [1.82, 2.24) is 4.90 Å². The van der Waals surface area contributed by atoms with Crippen LogP contribution >= 0.6 is 0 Å². The molecular weight excluding hydrogens is 452 g/mol. The molecule has 5 rings (SSSR count). The second-order valence-corrected chi connectivity index (χ2v) is 11.4. The molecule has 7 heteroatoms. The van der Waals surface area contributed by atoms with E-state index < -0.39 is 35.9 Å². The molecule has 5 nitrogen and oxygen atoms in total. The van der Waals surface area contributed by atoms with Crippen molar-refractivity contribution >= 4 is 11.9 Å². The number of carbonyl (C=O) groups is 2. The maximum atomic E-state index is 15.1. The molecule has 1 aliphatic heterocycles. The number of aliphatic carboxylic acids is 1. The molecule has 1 N–H and O–H groups in total. The molecule has 4 fully saturated rings. The van der Waals surface area contributed by atoms with E-state index in [2.05, 4.69) is 0 Å². The number of carboxylic acids is 1. The number of carbonyl (C=O) groups excluding carboxylic acids is 1. The predicted octanol–water partition coefficient (Wildman–Crippen LogP) is 6.10. The zero-order valence-corrected chi connectivity index (χ0v) is 20.6. The summed E-state index contributed by atoms with van der Waals surface area (Å²) >= 11 is 0. The number of ether oxygens (including phenoxy) is 1. The average Bonchev–Trinajstić information content (AvgIpc) is 3.61. The zero-order valence-electron chi connectivity index (χ0n) is 20.6. The molecule has 2 unspecified atom stereocenters. The van der Waals surface area contributed by atoms with Gasteiger partial charge in [-0.3, -0.25) is 4.79 Å². The number of hydrogen-bond acceptors (Lipinski definition) is 3. The Morgan fingerprint density at radius 3 is 2.46 bits per heavy atom. The molecule has 1 aromatic carbocycles. The van der Waals surface area contributed by atoms with Crippen molar-refractivity contribution in [3.8, 4) is 5.75 Å². The maximum Gasteiger partial charge on any atom is 0.326 e. The van der Waals surface area contributed by atoms with Crippen molar-refractivity contribution < 1.29 is 28.2 Å². The van der Waals surface area contributed by atoms with Gasteiger partial charge in [0.25, 0.3) is 5.91 Å². The van der Waals surface area contributed by atoms with Gasteiger partial charge >= 0.3 is 5.97 Å². The van der Waals surface area contributed by atoms with Crippen LogP contribution in [0, 0.1) is 23.6 Å². The highest BCUT2D eigenvalue weighted by atomic mass is 19.1. The molecule has 1 amide bonds. The molecule has 35 heavy (non-hydrogen) atoms. The van der Waals surface area contributed by atoms with Crippen LogP contribution in [-0.4, -0.2) is 46.7 Å². The lowest BCUT2D eigenvalue weighted by Gasteiger charge is -2.39. The Labute approximate surface area is 206 Å². The molecule has 4 aliphatic rings. The first-order chi connectivity index (χ1) is 16.8. The Morgan fingerprint density at radius 1 is 1.09 bits per heavy atom. The fourth-order valence-corrected chi connectivity index (χ4v) is 6.90. The molecule has 0 aromatic heterocycles. The Hall–Kier alpha value is -2.18. The van der Waals surface area contributed by atoms with E-state index in [0.29, 0.717) is 12.4 Å². The molecule has 1 saturated heterocycles. The van der Waals surface area contributed by atoms with Crippen molar-refractivity contribution in [2.75, 3.05) is 6.61 Å². The van der Waals surface area contributed by atoms with Gasteiger partial charge in [0.2, 0.25) is 0 Å². The number of likely N-dealkylation sites (tertiary alicyclic amines) is 1. The molecule has 0 radical (unpaired) electrons. The van der Waals surface area contributed by atoms with Gasteiger partial charge in [0, 0.05) is 12.5 Å². The molecular formula is C28H37F2NO4. The summed E-state index contributed by atoms with van der Waals surface area (Å²) < 4.78 is 35.4. The summed E-state index contributed by atoms with van der Waals surface area (Å²) in [6.45, 7) is 1.99. The average molecular weight is 490 g/mol. The van der Waals surface area contributed by atoms with Gasteiger partial charge in [-0.1, -0.05) is 19.3 Å².